The van der Waals surface area contributed by atoms with Gasteiger partial charge >= 0.3 is 0 Å². The molecule has 0 spiro atoms. The highest BCUT2D eigenvalue weighted by Gasteiger charge is 2.50. The minimum absolute atomic E-state index is 0.0610. The highest BCUT2D eigenvalue weighted by atomic mass is 16.2. The van der Waals surface area contributed by atoms with Crippen LogP contribution in [0.15, 0.2) is 0 Å². The molecule has 4 heteroatoms. The average molecular weight is 264 g/mol. The molecule has 2 aliphatic carbocycles. The standard InChI is InChI=1S/C15H24N2O2/c1-3-11-13(18)16-12(10-5-6-10)14(19)17(11)9-15(4-2)7-8-15/h10-12H,3-9H2,1-2H3,(H,16,18). The number of hydrogen-bond donors (Lipinski definition) is 1. The first kappa shape index (κ1) is 12.9. The smallest absolute Gasteiger partial charge is 0.246 e. The fourth-order valence-corrected chi connectivity index (χ4v) is 3.29. The Labute approximate surface area is 114 Å². The lowest BCUT2D eigenvalue weighted by molar-refractivity contribution is -0.151. The minimum atomic E-state index is -0.244. The summed E-state index contributed by atoms with van der Waals surface area (Å²) in [7, 11) is 0. The summed E-state index contributed by atoms with van der Waals surface area (Å²) in [6.45, 7) is 4.98. The summed E-state index contributed by atoms with van der Waals surface area (Å²) in [6.07, 6.45) is 6.41. The predicted molar refractivity (Wildman–Crippen MR) is 72.4 cm³/mol. The van der Waals surface area contributed by atoms with E-state index in [1.165, 1.54) is 12.8 Å². The molecule has 0 radical (unpaired) electrons. The molecule has 2 atom stereocenters. The summed E-state index contributed by atoms with van der Waals surface area (Å²) in [5.74, 6) is 0.633. The van der Waals surface area contributed by atoms with Crippen LogP contribution in [-0.2, 0) is 9.59 Å². The highest BCUT2D eigenvalue weighted by Crippen LogP contribution is 2.50. The Morgan fingerprint density at radius 2 is 1.95 bits per heavy atom. The van der Waals surface area contributed by atoms with Gasteiger partial charge in [0.05, 0.1) is 0 Å². The summed E-state index contributed by atoms with van der Waals surface area (Å²) in [5, 5.41) is 2.95. The SMILES string of the molecule is CCC1C(=O)NC(C2CC2)C(=O)N1CC1(CC)CC1. The molecule has 3 aliphatic rings. The first-order chi connectivity index (χ1) is 9.10. The fourth-order valence-electron chi connectivity index (χ4n) is 3.29. The van der Waals surface area contributed by atoms with Crippen molar-refractivity contribution in [2.45, 2.75) is 64.5 Å². The zero-order valence-electron chi connectivity index (χ0n) is 11.9. The fraction of sp³-hybridized carbons (Fsp3) is 0.867. The van der Waals surface area contributed by atoms with Crippen LogP contribution < -0.4 is 5.32 Å². The Morgan fingerprint density at radius 1 is 1.26 bits per heavy atom. The lowest BCUT2D eigenvalue weighted by Gasteiger charge is -2.40. The topological polar surface area (TPSA) is 49.4 Å². The van der Waals surface area contributed by atoms with E-state index in [4.69, 9.17) is 0 Å². The van der Waals surface area contributed by atoms with E-state index < -0.39 is 0 Å². The molecule has 1 saturated heterocycles. The quantitative estimate of drug-likeness (QED) is 0.821. The van der Waals surface area contributed by atoms with Crippen molar-refractivity contribution in [3.05, 3.63) is 0 Å². The molecule has 0 aromatic carbocycles. The molecule has 0 bridgehead atoms. The maximum Gasteiger partial charge on any atom is 0.246 e. The third-order valence-corrected chi connectivity index (χ3v) is 5.22. The zero-order valence-corrected chi connectivity index (χ0v) is 11.9. The summed E-state index contributed by atoms with van der Waals surface area (Å²) in [4.78, 5) is 26.8. The summed E-state index contributed by atoms with van der Waals surface area (Å²) in [6, 6.07) is -0.477. The Balaban J connectivity index is 1.79. The van der Waals surface area contributed by atoms with Gasteiger partial charge in [-0.15, -0.1) is 0 Å². The first-order valence-corrected chi connectivity index (χ1v) is 7.71. The van der Waals surface area contributed by atoms with Gasteiger partial charge in [-0.2, -0.15) is 0 Å². The summed E-state index contributed by atoms with van der Waals surface area (Å²) < 4.78 is 0. The van der Waals surface area contributed by atoms with Gasteiger partial charge in [0.15, 0.2) is 0 Å². The van der Waals surface area contributed by atoms with Crippen molar-refractivity contribution in [1.29, 1.82) is 0 Å². The monoisotopic (exact) mass is 264 g/mol. The Morgan fingerprint density at radius 3 is 2.42 bits per heavy atom. The van der Waals surface area contributed by atoms with Gasteiger partial charge in [0.25, 0.3) is 0 Å². The third kappa shape index (κ3) is 2.26. The van der Waals surface area contributed by atoms with Gasteiger partial charge < -0.3 is 10.2 Å². The van der Waals surface area contributed by atoms with E-state index in [0.717, 1.165) is 32.2 Å². The summed E-state index contributed by atoms with van der Waals surface area (Å²) in [5.41, 5.74) is 0.314. The molecule has 0 aromatic rings. The molecule has 1 aliphatic heterocycles. The second kappa shape index (κ2) is 4.50. The van der Waals surface area contributed by atoms with E-state index in [0.29, 0.717) is 11.3 Å². The van der Waals surface area contributed by atoms with E-state index >= 15 is 0 Å². The van der Waals surface area contributed by atoms with Crippen molar-refractivity contribution >= 4 is 11.8 Å². The van der Waals surface area contributed by atoms with Gasteiger partial charge in [-0.25, -0.2) is 0 Å². The number of nitrogens with one attached hydrogen (secondary N) is 1. The van der Waals surface area contributed by atoms with Gasteiger partial charge in [-0.3, -0.25) is 9.59 Å². The first-order valence-electron chi connectivity index (χ1n) is 7.71. The van der Waals surface area contributed by atoms with E-state index in [1.807, 2.05) is 11.8 Å². The Kier molecular flexibility index (Phi) is 3.06. The Bertz CT molecular complexity index is 399. The van der Waals surface area contributed by atoms with Crippen LogP contribution in [0.4, 0.5) is 0 Å². The van der Waals surface area contributed by atoms with Crippen LogP contribution in [0.3, 0.4) is 0 Å². The van der Waals surface area contributed by atoms with Gasteiger partial charge in [0, 0.05) is 6.54 Å². The van der Waals surface area contributed by atoms with Crippen LogP contribution in [0.5, 0.6) is 0 Å². The van der Waals surface area contributed by atoms with Gasteiger partial charge in [-0.05, 0) is 49.9 Å². The van der Waals surface area contributed by atoms with Crippen molar-refractivity contribution < 1.29 is 9.59 Å². The average Bonchev–Trinajstić information content (AvgIpc) is 3.27. The number of carbonyl (C=O) groups is 2. The van der Waals surface area contributed by atoms with Crippen LogP contribution in [-0.4, -0.2) is 35.3 Å². The molecule has 3 fully saturated rings. The Hall–Kier alpha value is -1.06. The minimum Gasteiger partial charge on any atom is -0.342 e. The molecular weight excluding hydrogens is 240 g/mol. The van der Waals surface area contributed by atoms with Crippen molar-refractivity contribution in [3.63, 3.8) is 0 Å². The molecule has 1 N–H and O–H groups in total. The molecule has 2 amide bonds. The second-order valence-corrected chi connectivity index (χ2v) is 6.57. The van der Waals surface area contributed by atoms with Crippen LogP contribution in [0.2, 0.25) is 0 Å². The molecule has 0 aromatic heterocycles. The van der Waals surface area contributed by atoms with Crippen LogP contribution in [0.25, 0.3) is 0 Å². The molecule has 4 nitrogen and oxygen atoms in total. The zero-order chi connectivity index (χ0) is 13.6. The van der Waals surface area contributed by atoms with E-state index in [9.17, 15) is 9.59 Å². The normalized spacial score (nSPS) is 33.3. The van der Waals surface area contributed by atoms with Gasteiger partial charge in [0.2, 0.25) is 11.8 Å². The van der Waals surface area contributed by atoms with Crippen LogP contribution >= 0.6 is 0 Å². The number of amides is 2. The molecule has 1 heterocycles. The van der Waals surface area contributed by atoms with Crippen molar-refractivity contribution in [2.24, 2.45) is 11.3 Å². The van der Waals surface area contributed by atoms with Crippen molar-refractivity contribution in [1.82, 2.24) is 10.2 Å². The third-order valence-electron chi connectivity index (χ3n) is 5.22. The maximum absolute atomic E-state index is 12.7. The molecule has 2 saturated carbocycles. The highest BCUT2D eigenvalue weighted by molar-refractivity contribution is 5.97. The molecule has 19 heavy (non-hydrogen) atoms. The molecular formula is C15H24N2O2. The lowest BCUT2D eigenvalue weighted by atomic mass is 9.97. The lowest BCUT2D eigenvalue weighted by Crippen LogP contribution is -2.64. The number of rotatable bonds is 5. The molecule has 2 unspecified atom stereocenters. The number of piperazine rings is 1. The second-order valence-electron chi connectivity index (χ2n) is 6.57. The van der Waals surface area contributed by atoms with E-state index in [-0.39, 0.29) is 23.9 Å². The molecule has 106 valence electrons. The van der Waals surface area contributed by atoms with Crippen molar-refractivity contribution in [3.8, 4) is 0 Å². The largest absolute Gasteiger partial charge is 0.342 e. The number of carbonyl (C=O) groups excluding carboxylic acids is 2. The van der Waals surface area contributed by atoms with Crippen LogP contribution in [0, 0.1) is 11.3 Å². The predicted octanol–water partition coefficient (Wildman–Crippen LogP) is 1.69. The maximum atomic E-state index is 12.7. The van der Waals surface area contributed by atoms with Crippen molar-refractivity contribution in [2.75, 3.05) is 6.54 Å². The van der Waals surface area contributed by atoms with E-state index in [2.05, 4.69) is 12.2 Å². The van der Waals surface area contributed by atoms with Gasteiger partial charge in [-0.1, -0.05) is 13.8 Å². The molecule has 3 rings (SSSR count). The van der Waals surface area contributed by atoms with E-state index in [1.54, 1.807) is 0 Å². The van der Waals surface area contributed by atoms with Gasteiger partial charge in [0.1, 0.15) is 12.1 Å². The number of nitrogens with zero attached hydrogens (tertiary/aromatic N) is 1. The number of hydrogen-bond acceptors (Lipinski definition) is 2. The summed E-state index contributed by atoms with van der Waals surface area (Å²) >= 11 is 0. The van der Waals surface area contributed by atoms with Crippen LogP contribution in [0.1, 0.15) is 52.4 Å².